The Bertz CT molecular complexity index is 2520. The second kappa shape index (κ2) is 9.68. The van der Waals surface area contributed by atoms with Crippen molar-refractivity contribution in [2.24, 2.45) is 0 Å². The third-order valence-electron chi connectivity index (χ3n) is 11.8. The minimum Gasteiger partial charge on any atom is -0.0622 e. The summed E-state index contributed by atoms with van der Waals surface area (Å²) in [6.07, 6.45) is 1.89. The van der Waals surface area contributed by atoms with Gasteiger partial charge in [0.15, 0.2) is 0 Å². The van der Waals surface area contributed by atoms with Gasteiger partial charge in [0.25, 0.3) is 0 Å². The molecule has 0 spiro atoms. The molecule has 8 aromatic carbocycles. The van der Waals surface area contributed by atoms with Crippen LogP contribution in [0.3, 0.4) is 0 Å². The minimum absolute atomic E-state index is 0.100. The maximum absolute atomic E-state index is 2.53. The number of benzene rings is 8. The molecule has 49 heavy (non-hydrogen) atoms. The van der Waals surface area contributed by atoms with Crippen LogP contribution < -0.4 is 0 Å². The first-order chi connectivity index (χ1) is 24.0. The van der Waals surface area contributed by atoms with Crippen LogP contribution in [0.5, 0.6) is 0 Å². The summed E-state index contributed by atoms with van der Waals surface area (Å²) in [5, 5.41) is 5.58. The highest BCUT2D eigenvalue weighted by Gasteiger charge is 2.39. The highest BCUT2D eigenvalue weighted by molar-refractivity contribution is 6.19. The SMILES string of the molecule is CC1(C)c2cc3c(cc2-c2cc4c(cc21)-c1ccc(Cc2ccccc2)c2cccc-4c12)-c1cccc2c(Cc4ccccc4)ccc-3c12. The summed E-state index contributed by atoms with van der Waals surface area (Å²) in [7, 11) is 0. The van der Waals surface area contributed by atoms with Crippen LogP contribution in [0.15, 0.2) is 146 Å². The Morgan fingerprint density at radius 3 is 1.20 bits per heavy atom. The summed E-state index contributed by atoms with van der Waals surface area (Å²) in [4.78, 5) is 0. The monoisotopic (exact) mass is 622 g/mol. The quantitative estimate of drug-likeness (QED) is 0.183. The van der Waals surface area contributed by atoms with Crippen molar-refractivity contribution >= 4 is 21.5 Å². The number of hydrogen-bond acceptors (Lipinski definition) is 0. The van der Waals surface area contributed by atoms with E-state index < -0.39 is 0 Å². The zero-order valence-electron chi connectivity index (χ0n) is 27.8. The van der Waals surface area contributed by atoms with E-state index in [-0.39, 0.29) is 5.41 Å². The second-order valence-electron chi connectivity index (χ2n) is 14.8. The van der Waals surface area contributed by atoms with Crippen LogP contribution >= 0.6 is 0 Å². The van der Waals surface area contributed by atoms with Gasteiger partial charge in [0, 0.05) is 5.41 Å². The number of fused-ring (bicyclic) bond motifs is 9. The average molecular weight is 623 g/mol. The van der Waals surface area contributed by atoms with E-state index in [2.05, 4.69) is 159 Å². The summed E-state index contributed by atoms with van der Waals surface area (Å²) in [5.74, 6) is 0. The van der Waals surface area contributed by atoms with Crippen LogP contribution in [-0.2, 0) is 18.3 Å². The summed E-state index contributed by atoms with van der Waals surface area (Å²) in [6, 6.07) is 55.2. The highest BCUT2D eigenvalue weighted by Crippen LogP contribution is 2.59. The number of hydrogen-bond donors (Lipinski definition) is 0. The van der Waals surface area contributed by atoms with Crippen molar-refractivity contribution in [3.8, 4) is 55.6 Å². The van der Waals surface area contributed by atoms with Crippen LogP contribution in [0, 0.1) is 0 Å². The van der Waals surface area contributed by atoms with Gasteiger partial charge in [-0.3, -0.25) is 0 Å². The molecular formula is C49H34. The van der Waals surface area contributed by atoms with Crippen LogP contribution in [-0.4, -0.2) is 0 Å². The van der Waals surface area contributed by atoms with Crippen LogP contribution in [0.4, 0.5) is 0 Å². The van der Waals surface area contributed by atoms with Gasteiger partial charge < -0.3 is 0 Å². The lowest BCUT2D eigenvalue weighted by molar-refractivity contribution is 0.661. The third kappa shape index (κ3) is 3.69. The van der Waals surface area contributed by atoms with Crippen molar-refractivity contribution in [1.82, 2.24) is 0 Å². The fraction of sp³-hybridized carbons (Fsp3) is 0.102. The fourth-order valence-corrected chi connectivity index (χ4v) is 9.49. The fourth-order valence-electron chi connectivity index (χ4n) is 9.49. The van der Waals surface area contributed by atoms with E-state index >= 15 is 0 Å². The molecule has 0 radical (unpaired) electrons. The first kappa shape index (κ1) is 27.3. The van der Waals surface area contributed by atoms with Crippen molar-refractivity contribution in [1.29, 1.82) is 0 Å². The van der Waals surface area contributed by atoms with E-state index in [0.29, 0.717) is 0 Å². The van der Waals surface area contributed by atoms with Gasteiger partial charge in [-0.1, -0.05) is 135 Å². The van der Waals surface area contributed by atoms with E-state index in [9.17, 15) is 0 Å². The van der Waals surface area contributed by atoms with Crippen molar-refractivity contribution in [2.75, 3.05) is 0 Å². The van der Waals surface area contributed by atoms with Crippen LogP contribution in [0.2, 0.25) is 0 Å². The van der Waals surface area contributed by atoms with Crippen LogP contribution in [0.1, 0.15) is 47.2 Å². The van der Waals surface area contributed by atoms with Crippen molar-refractivity contribution in [3.05, 3.63) is 179 Å². The van der Waals surface area contributed by atoms with E-state index in [1.807, 2.05) is 0 Å². The first-order valence-electron chi connectivity index (χ1n) is 17.6. The Hall–Kier alpha value is -5.72. The maximum atomic E-state index is 2.53. The summed E-state index contributed by atoms with van der Waals surface area (Å²) >= 11 is 0. The van der Waals surface area contributed by atoms with E-state index in [0.717, 1.165) is 12.8 Å². The minimum atomic E-state index is -0.100. The molecule has 8 aromatic rings. The molecule has 0 atom stereocenters. The second-order valence-corrected chi connectivity index (χ2v) is 14.8. The van der Waals surface area contributed by atoms with Gasteiger partial charge >= 0.3 is 0 Å². The summed E-state index contributed by atoms with van der Waals surface area (Å²) in [5.41, 5.74) is 22.1. The number of rotatable bonds is 4. The van der Waals surface area contributed by atoms with Crippen molar-refractivity contribution < 1.29 is 0 Å². The standard InChI is InChI=1S/C49H34/c1-49(2)45-27-41-37-21-19-31(23-29-11-5-3-6-12-29)33-15-9-17-35(47(33)37)39(41)25-43(45)44-26-40-36-18-10-16-34-32(24-30-13-7-4-8-14-30)20-22-38(48(34)36)42(40)28-46(44)49/h3-22,25-28H,23-24H2,1-2H3. The Kier molecular flexibility index (Phi) is 5.38. The molecule has 0 heterocycles. The molecule has 0 aromatic heterocycles. The van der Waals surface area contributed by atoms with Gasteiger partial charge in [-0.25, -0.2) is 0 Å². The highest BCUT2D eigenvalue weighted by atomic mass is 14.4. The van der Waals surface area contributed by atoms with Gasteiger partial charge in [-0.2, -0.15) is 0 Å². The molecule has 230 valence electrons. The molecule has 3 aliphatic rings. The van der Waals surface area contributed by atoms with Gasteiger partial charge in [-0.15, -0.1) is 0 Å². The molecule has 0 amide bonds. The van der Waals surface area contributed by atoms with Gasteiger partial charge in [0.05, 0.1) is 0 Å². The topological polar surface area (TPSA) is 0 Å². The maximum Gasteiger partial charge on any atom is 0.0159 e. The normalized spacial score (nSPS) is 13.8. The predicted octanol–water partition coefficient (Wildman–Crippen LogP) is 12.8. The van der Waals surface area contributed by atoms with Crippen molar-refractivity contribution in [2.45, 2.75) is 32.1 Å². The smallest absolute Gasteiger partial charge is 0.0159 e. The van der Waals surface area contributed by atoms with Gasteiger partial charge in [0.2, 0.25) is 0 Å². The average Bonchev–Trinajstić information content (AvgIpc) is 3.71. The summed E-state index contributed by atoms with van der Waals surface area (Å²) in [6.45, 7) is 4.86. The molecule has 0 unspecified atom stereocenters. The predicted molar refractivity (Wildman–Crippen MR) is 206 cm³/mol. The molecule has 3 aliphatic carbocycles. The molecule has 0 bridgehead atoms. The zero-order chi connectivity index (χ0) is 32.4. The lowest BCUT2D eigenvalue weighted by atomic mass is 9.80. The van der Waals surface area contributed by atoms with E-state index in [1.165, 1.54) is 111 Å². The molecule has 0 aliphatic heterocycles. The molecule has 11 rings (SSSR count). The Morgan fingerprint density at radius 2 is 0.755 bits per heavy atom. The molecule has 0 nitrogen and oxygen atoms in total. The molecule has 0 saturated heterocycles. The van der Waals surface area contributed by atoms with E-state index in [4.69, 9.17) is 0 Å². The van der Waals surface area contributed by atoms with Gasteiger partial charge in [-0.05, 0) is 148 Å². The first-order valence-corrected chi connectivity index (χ1v) is 17.6. The largest absolute Gasteiger partial charge is 0.0622 e. The lowest BCUT2D eigenvalue weighted by Gasteiger charge is -2.23. The van der Waals surface area contributed by atoms with Gasteiger partial charge in [0.1, 0.15) is 0 Å². The van der Waals surface area contributed by atoms with E-state index in [1.54, 1.807) is 0 Å². The molecule has 0 saturated carbocycles. The summed E-state index contributed by atoms with van der Waals surface area (Å²) < 4.78 is 0. The molecule has 0 N–H and O–H groups in total. The van der Waals surface area contributed by atoms with Crippen LogP contribution in [0.25, 0.3) is 77.2 Å². The zero-order valence-corrected chi connectivity index (χ0v) is 27.8. The Morgan fingerprint density at radius 1 is 0.347 bits per heavy atom. The third-order valence-corrected chi connectivity index (χ3v) is 11.8. The Balaban J connectivity index is 1.07. The molecule has 0 heteroatoms. The lowest BCUT2D eigenvalue weighted by Crippen LogP contribution is -2.15. The molecule has 0 fully saturated rings. The molecular weight excluding hydrogens is 589 g/mol. The Labute approximate surface area is 287 Å². The van der Waals surface area contributed by atoms with Crippen molar-refractivity contribution in [3.63, 3.8) is 0 Å².